The Morgan fingerprint density at radius 1 is 1.77 bits per heavy atom. The molecule has 1 aliphatic carbocycles. The highest BCUT2D eigenvalue weighted by Gasteiger charge is 2.51. The third-order valence-corrected chi connectivity index (χ3v) is 2.71. The van der Waals surface area contributed by atoms with Gasteiger partial charge < -0.3 is 10.5 Å². The lowest BCUT2D eigenvalue weighted by Gasteiger charge is -2.23. The van der Waals surface area contributed by atoms with E-state index >= 15 is 0 Å². The number of nitrogens with two attached hydrogens (primary N) is 1. The van der Waals surface area contributed by atoms with Gasteiger partial charge in [0.15, 0.2) is 0 Å². The lowest BCUT2D eigenvalue weighted by atomic mass is 10.3. The van der Waals surface area contributed by atoms with Crippen LogP contribution in [0.15, 0.2) is 0 Å². The third-order valence-electron chi connectivity index (χ3n) is 2.71. The number of carbonyl (C=O) groups excluding carboxylic acids is 1. The minimum atomic E-state index is -0.271. The zero-order valence-corrected chi connectivity index (χ0v) is 8.54. The Labute approximate surface area is 79.0 Å². The molecule has 4 heteroatoms. The minimum absolute atomic E-state index is 0.200. The monoisotopic (exact) mass is 186 g/mol. The summed E-state index contributed by atoms with van der Waals surface area (Å²) in [6.07, 6.45) is 0.961. The van der Waals surface area contributed by atoms with Gasteiger partial charge in [0, 0.05) is 0 Å². The number of hydrogen-bond donors (Lipinski definition) is 1. The Morgan fingerprint density at radius 3 is 2.69 bits per heavy atom. The Balaban J connectivity index is 2.33. The Hall–Kier alpha value is -0.610. The molecule has 0 aromatic heterocycles. The van der Waals surface area contributed by atoms with Crippen LogP contribution in [0.1, 0.15) is 20.3 Å². The molecular weight excluding hydrogens is 168 g/mol. The molecule has 1 rings (SSSR count). The zero-order chi connectivity index (χ0) is 10.1. The van der Waals surface area contributed by atoms with E-state index in [0.29, 0.717) is 12.5 Å². The summed E-state index contributed by atoms with van der Waals surface area (Å²) in [6.45, 7) is 4.60. The van der Waals surface area contributed by atoms with E-state index in [2.05, 4.69) is 6.92 Å². The second-order valence-corrected chi connectivity index (χ2v) is 3.76. The first-order valence-corrected chi connectivity index (χ1v) is 4.66. The number of hydrogen-bond acceptors (Lipinski definition) is 4. The second-order valence-electron chi connectivity index (χ2n) is 3.76. The van der Waals surface area contributed by atoms with Gasteiger partial charge >= 0.3 is 5.97 Å². The molecule has 0 heterocycles. The van der Waals surface area contributed by atoms with Crippen molar-refractivity contribution in [1.29, 1.82) is 0 Å². The number of ether oxygens (including phenoxy) is 1. The van der Waals surface area contributed by atoms with Gasteiger partial charge in [0.05, 0.1) is 18.8 Å². The normalized spacial score (nSPS) is 31.9. The van der Waals surface area contributed by atoms with Gasteiger partial charge in [-0.05, 0) is 26.3 Å². The van der Waals surface area contributed by atoms with Gasteiger partial charge in [0.2, 0.25) is 0 Å². The second kappa shape index (κ2) is 3.64. The highest BCUT2D eigenvalue weighted by molar-refractivity contribution is 5.71. The molecule has 0 radical (unpaired) electrons. The van der Waals surface area contributed by atoms with Crippen LogP contribution < -0.4 is 5.73 Å². The van der Waals surface area contributed by atoms with Crippen molar-refractivity contribution in [1.82, 2.24) is 4.90 Å². The van der Waals surface area contributed by atoms with Gasteiger partial charge in [-0.15, -0.1) is 0 Å². The molecule has 1 aliphatic rings. The summed E-state index contributed by atoms with van der Waals surface area (Å²) in [5, 5.41) is 0. The lowest BCUT2D eigenvalue weighted by molar-refractivity contribution is -0.144. The molecule has 0 amide bonds. The highest BCUT2D eigenvalue weighted by atomic mass is 16.5. The summed E-state index contributed by atoms with van der Waals surface area (Å²) in [4.78, 5) is 13.0. The quantitative estimate of drug-likeness (QED) is 0.502. The number of rotatable bonds is 4. The van der Waals surface area contributed by atoms with E-state index < -0.39 is 0 Å². The largest absolute Gasteiger partial charge is 0.465 e. The predicted molar refractivity (Wildman–Crippen MR) is 50.0 cm³/mol. The molecule has 4 nitrogen and oxygen atoms in total. The number of nitrogens with zero attached hydrogens (tertiary/aromatic N) is 1. The van der Waals surface area contributed by atoms with Crippen LogP contribution in [0, 0.1) is 5.92 Å². The van der Waals surface area contributed by atoms with Crippen molar-refractivity contribution in [2.24, 2.45) is 11.7 Å². The maximum atomic E-state index is 11.1. The zero-order valence-electron chi connectivity index (χ0n) is 8.54. The van der Waals surface area contributed by atoms with Gasteiger partial charge in [0.1, 0.15) is 0 Å². The first-order chi connectivity index (χ1) is 6.00. The van der Waals surface area contributed by atoms with Crippen molar-refractivity contribution in [3.8, 4) is 0 Å². The van der Waals surface area contributed by atoms with Crippen molar-refractivity contribution in [2.75, 3.05) is 20.2 Å². The fourth-order valence-corrected chi connectivity index (χ4v) is 1.51. The SMILES string of the molecule is CCOC(=O)CN(C)C1(N)CC1C. The Bertz CT molecular complexity index is 208. The van der Waals surface area contributed by atoms with Crippen LogP contribution in [0.2, 0.25) is 0 Å². The Kier molecular flexibility index (Phi) is 2.93. The van der Waals surface area contributed by atoms with E-state index in [4.69, 9.17) is 10.5 Å². The van der Waals surface area contributed by atoms with E-state index in [-0.39, 0.29) is 18.2 Å². The molecule has 1 fully saturated rings. The van der Waals surface area contributed by atoms with Crippen molar-refractivity contribution in [2.45, 2.75) is 25.9 Å². The number of carbonyl (C=O) groups is 1. The molecule has 2 N–H and O–H groups in total. The molecule has 0 aliphatic heterocycles. The van der Waals surface area contributed by atoms with Gasteiger partial charge in [-0.1, -0.05) is 6.92 Å². The average Bonchev–Trinajstić information content (AvgIpc) is 2.61. The van der Waals surface area contributed by atoms with E-state index in [1.54, 1.807) is 6.92 Å². The van der Waals surface area contributed by atoms with Gasteiger partial charge in [-0.25, -0.2) is 0 Å². The molecule has 0 bridgehead atoms. The van der Waals surface area contributed by atoms with Gasteiger partial charge in [-0.2, -0.15) is 0 Å². The fraction of sp³-hybridized carbons (Fsp3) is 0.889. The van der Waals surface area contributed by atoms with Gasteiger partial charge in [-0.3, -0.25) is 9.69 Å². The number of esters is 1. The van der Waals surface area contributed by atoms with Gasteiger partial charge in [0.25, 0.3) is 0 Å². The van der Waals surface area contributed by atoms with Crippen LogP contribution in [-0.4, -0.2) is 36.7 Å². The smallest absolute Gasteiger partial charge is 0.320 e. The lowest BCUT2D eigenvalue weighted by Crippen LogP contribution is -2.46. The molecule has 0 saturated heterocycles. The minimum Gasteiger partial charge on any atom is -0.465 e. The molecule has 0 spiro atoms. The summed E-state index contributed by atoms with van der Waals surface area (Å²) in [5.41, 5.74) is 5.73. The molecule has 2 atom stereocenters. The van der Waals surface area contributed by atoms with E-state index in [1.807, 2.05) is 11.9 Å². The molecule has 2 unspecified atom stereocenters. The van der Waals surface area contributed by atoms with Crippen molar-refractivity contribution >= 4 is 5.97 Å². The highest BCUT2D eigenvalue weighted by Crippen LogP contribution is 2.42. The molecule has 76 valence electrons. The summed E-state index contributed by atoms with van der Waals surface area (Å²) in [5.74, 6) is 0.279. The molecular formula is C9H18N2O2. The molecule has 13 heavy (non-hydrogen) atoms. The van der Waals surface area contributed by atoms with E-state index in [1.165, 1.54) is 0 Å². The summed E-state index contributed by atoms with van der Waals surface area (Å²) >= 11 is 0. The Morgan fingerprint density at radius 2 is 2.31 bits per heavy atom. The van der Waals surface area contributed by atoms with Crippen molar-refractivity contribution in [3.05, 3.63) is 0 Å². The molecule has 0 aromatic rings. The summed E-state index contributed by atoms with van der Waals surface area (Å²) in [6, 6.07) is 0. The predicted octanol–water partition coefficient (Wildman–Crippen LogP) is 0.176. The molecule has 0 aromatic carbocycles. The maximum Gasteiger partial charge on any atom is 0.320 e. The van der Waals surface area contributed by atoms with Crippen LogP contribution in [0.25, 0.3) is 0 Å². The third kappa shape index (κ3) is 2.19. The standard InChI is InChI=1S/C9H18N2O2/c1-4-13-8(12)6-11(3)9(10)5-7(9)2/h7H,4-6,10H2,1-3H3. The van der Waals surface area contributed by atoms with Crippen LogP contribution in [0.4, 0.5) is 0 Å². The maximum absolute atomic E-state index is 11.1. The van der Waals surface area contributed by atoms with E-state index in [0.717, 1.165) is 6.42 Å². The van der Waals surface area contributed by atoms with Crippen LogP contribution in [0.3, 0.4) is 0 Å². The fourth-order valence-electron chi connectivity index (χ4n) is 1.51. The van der Waals surface area contributed by atoms with Crippen LogP contribution in [-0.2, 0) is 9.53 Å². The summed E-state index contributed by atoms with van der Waals surface area (Å²) < 4.78 is 4.83. The first kappa shape index (κ1) is 10.5. The first-order valence-electron chi connectivity index (χ1n) is 4.66. The van der Waals surface area contributed by atoms with Crippen LogP contribution >= 0.6 is 0 Å². The van der Waals surface area contributed by atoms with Crippen molar-refractivity contribution < 1.29 is 9.53 Å². The molecule has 1 saturated carbocycles. The average molecular weight is 186 g/mol. The number of likely N-dealkylation sites (N-methyl/N-ethyl adjacent to an activating group) is 1. The topological polar surface area (TPSA) is 55.6 Å². The van der Waals surface area contributed by atoms with E-state index in [9.17, 15) is 4.79 Å². The van der Waals surface area contributed by atoms with Crippen molar-refractivity contribution in [3.63, 3.8) is 0 Å². The summed E-state index contributed by atoms with van der Waals surface area (Å²) in [7, 11) is 1.86. The van der Waals surface area contributed by atoms with Crippen LogP contribution in [0.5, 0.6) is 0 Å².